The van der Waals surface area contributed by atoms with Crippen LogP contribution in [0.5, 0.6) is 5.75 Å². The average Bonchev–Trinajstić information content (AvgIpc) is 3.12. The maximum atomic E-state index is 13.2. The van der Waals surface area contributed by atoms with E-state index in [1.807, 2.05) is 29.2 Å². The van der Waals surface area contributed by atoms with Crippen LogP contribution < -0.4 is 4.74 Å². The molecule has 1 saturated carbocycles. The molecule has 5 heteroatoms. The first-order valence-electron chi connectivity index (χ1n) is 9.42. The third-order valence-electron chi connectivity index (χ3n) is 5.50. The number of likely N-dealkylation sites (tertiary alicyclic amines) is 1. The fourth-order valence-corrected chi connectivity index (χ4v) is 4.24. The molecule has 138 valence electrons. The summed E-state index contributed by atoms with van der Waals surface area (Å²) in [6.07, 6.45) is 5.83. The van der Waals surface area contributed by atoms with Crippen molar-refractivity contribution in [3.8, 4) is 5.75 Å². The molecule has 1 aliphatic heterocycles. The van der Waals surface area contributed by atoms with Crippen molar-refractivity contribution in [2.75, 3.05) is 26.9 Å². The number of carbonyl (C=O) groups excluding carboxylic acids is 1. The van der Waals surface area contributed by atoms with E-state index in [1.165, 1.54) is 0 Å². The van der Waals surface area contributed by atoms with Gasteiger partial charge in [0.15, 0.2) is 0 Å². The number of carbonyl (C=O) groups is 1. The van der Waals surface area contributed by atoms with Crippen LogP contribution in [-0.4, -0.2) is 54.9 Å². The maximum Gasteiger partial charge on any atom is 0.257 e. The van der Waals surface area contributed by atoms with Crippen molar-refractivity contribution in [3.05, 3.63) is 29.8 Å². The molecule has 1 amide bonds. The molecule has 2 aliphatic rings. The van der Waals surface area contributed by atoms with Crippen LogP contribution in [0, 0.1) is 5.92 Å². The SMILES string of the molecule is COCCOc1ccccc1C(=O)N1CCC[C@@H]1[C@H]1CCCC[C@@H]1O. The predicted molar refractivity (Wildman–Crippen MR) is 95.8 cm³/mol. The van der Waals surface area contributed by atoms with Crippen LogP contribution in [0.15, 0.2) is 24.3 Å². The molecule has 0 spiro atoms. The van der Waals surface area contributed by atoms with E-state index in [9.17, 15) is 9.90 Å². The summed E-state index contributed by atoms with van der Waals surface area (Å²) in [6, 6.07) is 7.57. The molecular formula is C20H29NO4. The van der Waals surface area contributed by atoms with E-state index in [1.54, 1.807) is 7.11 Å². The molecule has 5 nitrogen and oxygen atoms in total. The minimum Gasteiger partial charge on any atom is -0.490 e. The lowest BCUT2D eigenvalue weighted by Gasteiger charge is -2.37. The largest absolute Gasteiger partial charge is 0.490 e. The van der Waals surface area contributed by atoms with E-state index < -0.39 is 0 Å². The van der Waals surface area contributed by atoms with Gasteiger partial charge in [0.05, 0.1) is 18.3 Å². The molecule has 3 atom stereocenters. The van der Waals surface area contributed by atoms with Gasteiger partial charge in [0.2, 0.25) is 0 Å². The number of aliphatic hydroxyl groups is 1. The van der Waals surface area contributed by atoms with Gasteiger partial charge in [-0.2, -0.15) is 0 Å². The Bertz CT molecular complexity index is 577. The number of para-hydroxylation sites is 1. The van der Waals surface area contributed by atoms with Crippen molar-refractivity contribution in [2.24, 2.45) is 5.92 Å². The Morgan fingerprint density at radius 1 is 1.16 bits per heavy atom. The summed E-state index contributed by atoms with van der Waals surface area (Å²) in [5.74, 6) is 0.842. The van der Waals surface area contributed by atoms with Crippen LogP contribution in [0.4, 0.5) is 0 Å². The second-order valence-corrected chi connectivity index (χ2v) is 7.06. The summed E-state index contributed by atoms with van der Waals surface area (Å²) in [6.45, 7) is 1.67. The molecule has 1 aliphatic carbocycles. The second kappa shape index (κ2) is 8.68. The molecule has 1 N–H and O–H groups in total. The number of hydrogen-bond acceptors (Lipinski definition) is 4. The summed E-state index contributed by atoms with van der Waals surface area (Å²) in [4.78, 5) is 15.2. The Morgan fingerprint density at radius 2 is 1.96 bits per heavy atom. The fourth-order valence-electron chi connectivity index (χ4n) is 4.24. The van der Waals surface area contributed by atoms with Crippen LogP contribution in [0.25, 0.3) is 0 Å². The summed E-state index contributed by atoms with van der Waals surface area (Å²) >= 11 is 0. The smallest absolute Gasteiger partial charge is 0.257 e. The Hall–Kier alpha value is -1.59. The number of hydrogen-bond donors (Lipinski definition) is 1. The quantitative estimate of drug-likeness (QED) is 0.804. The first-order valence-corrected chi connectivity index (χ1v) is 9.42. The predicted octanol–water partition coefficient (Wildman–Crippen LogP) is 2.87. The third-order valence-corrected chi connectivity index (χ3v) is 5.50. The fraction of sp³-hybridized carbons (Fsp3) is 0.650. The Morgan fingerprint density at radius 3 is 2.76 bits per heavy atom. The van der Waals surface area contributed by atoms with Gasteiger partial charge in [-0.25, -0.2) is 0 Å². The Labute approximate surface area is 149 Å². The van der Waals surface area contributed by atoms with Gasteiger partial charge < -0.3 is 19.5 Å². The van der Waals surface area contributed by atoms with Gasteiger partial charge in [0.25, 0.3) is 5.91 Å². The summed E-state index contributed by atoms with van der Waals surface area (Å²) in [5, 5.41) is 10.4. The van der Waals surface area contributed by atoms with E-state index in [0.29, 0.717) is 24.5 Å². The van der Waals surface area contributed by atoms with Gasteiger partial charge in [0.1, 0.15) is 12.4 Å². The van der Waals surface area contributed by atoms with Gasteiger partial charge in [-0.15, -0.1) is 0 Å². The minimum absolute atomic E-state index is 0.0216. The molecule has 2 fully saturated rings. The summed E-state index contributed by atoms with van der Waals surface area (Å²) < 4.78 is 10.8. The molecule has 0 radical (unpaired) electrons. The van der Waals surface area contributed by atoms with Gasteiger partial charge in [-0.3, -0.25) is 4.79 Å². The maximum absolute atomic E-state index is 13.2. The zero-order chi connectivity index (χ0) is 17.6. The molecule has 25 heavy (non-hydrogen) atoms. The van der Waals surface area contributed by atoms with Gasteiger partial charge in [-0.1, -0.05) is 25.0 Å². The lowest BCUT2D eigenvalue weighted by atomic mass is 9.80. The van der Waals surface area contributed by atoms with Crippen molar-refractivity contribution in [2.45, 2.75) is 50.7 Å². The number of nitrogens with zero attached hydrogens (tertiary/aromatic N) is 1. The van der Waals surface area contributed by atoms with Gasteiger partial charge in [-0.05, 0) is 37.8 Å². The molecule has 0 aromatic heterocycles. The normalized spacial score (nSPS) is 26.6. The second-order valence-electron chi connectivity index (χ2n) is 7.06. The molecular weight excluding hydrogens is 318 g/mol. The highest BCUT2D eigenvalue weighted by Gasteiger charge is 2.39. The molecule has 1 saturated heterocycles. The van der Waals surface area contributed by atoms with Crippen molar-refractivity contribution in [1.82, 2.24) is 4.90 Å². The van der Waals surface area contributed by atoms with Crippen LogP contribution in [0.3, 0.4) is 0 Å². The highest BCUT2D eigenvalue weighted by molar-refractivity contribution is 5.97. The van der Waals surface area contributed by atoms with E-state index in [0.717, 1.165) is 45.1 Å². The minimum atomic E-state index is -0.277. The van der Waals surface area contributed by atoms with E-state index >= 15 is 0 Å². The first-order chi connectivity index (χ1) is 12.2. The zero-order valence-electron chi connectivity index (χ0n) is 15.0. The van der Waals surface area contributed by atoms with Crippen molar-refractivity contribution < 1.29 is 19.4 Å². The molecule has 1 aromatic rings. The number of rotatable bonds is 6. The zero-order valence-corrected chi connectivity index (χ0v) is 15.0. The highest BCUT2D eigenvalue weighted by Crippen LogP contribution is 2.36. The van der Waals surface area contributed by atoms with Crippen LogP contribution in [-0.2, 0) is 4.74 Å². The van der Waals surface area contributed by atoms with Crippen molar-refractivity contribution >= 4 is 5.91 Å². The van der Waals surface area contributed by atoms with E-state index in [4.69, 9.17) is 9.47 Å². The molecule has 3 rings (SSSR count). The van der Waals surface area contributed by atoms with Crippen molar-refractivity contribution in [3.63, 3.8) is 0 Å². The number of aliphatic hydroxyl groups excluding tert-OH is 1. The lowest BCUT2D eigenvalue weighted by Crippen LogP contribution is -2.45. The van der Waals surface area contributed by atoms with Crippen LogP contribution in [0.1, 0.15) is 48.9 Å². The number of ether oxygens (including phenoxy) is 2. The topological polar surface area (TPSA) is 59.0 Å². The van der Waals surface area contributed by atoms with Crippen molar-refractivity contribution in [1.29, 1.82) is 0 Å². The molecule has 1 aromatic carbocycles. The lowest BCUT2D eigenvalue weighted by molar-refractivity contribution is 0.0210. The third kappa shape index (κ3) is 4.15. The Balaban J connectivity index is 1.75. The average molecular weight is 347 g/mol. The van der Waals surface area contributed by atoms with Gasteiger partial charge in [0, 0.05) is 25.6 Å². The van der Waals surface area contributed by atoms with Gasteiger partial charge >= 0.3 is 0 Å². The molecule has 1 heterocycles. The summed E-state index contributed by atoms with van der Waals surface area (Å²) in [5.41, 5.74) is 0.607. The molecule has 0 bridgehead atoms. The number of methoxy groups -OCH3 is 1. The van der Waals surface area contributed by atoms with Crippen LogP contribution in [0.2, 0.25) is 0 Å². The number of benzene rings is 1. The Kier molecular flexibility index (Phi) is 6.32. The van der Waals surface area contributed by atoms with Crippen LogP contribution >= 0.6 is 0 Å². The molecule has 0 unspecified atom stereocenters. The first kappa shape index (κ1) is 18.2. The summed E-state index contributed by atoms with van der Waals surface area (Å²) in [7, 11) is 1.63. The monoisotopic (exact) mass is 347 g/mol. The van der Waals surface area contributed by atoms with E-state index in [2.05, 4.69) is 0 Å². The van der Waals surface area contributed by atoms with E-state index in [-0.39, 0.29) is 24.0 Å². The standard InChI is InChI=1S/C20H29NO4/c1-24-13-14-25-19-11-5-3-8-16(19)20(23)21-12-6-9-17(21)15-7-2-4-10-18(15)22/h3,5,8,11,15,17-18,22H,2,4,6-7,9-10,12-14H2,1H3/t15-,17-,18+/m1/s1. The number of amides is 1. The highest BCUT2D eigenvalue weighted by atomic mass is 16.5.